The lowest BCUT2D eigenvalue weighted by molar-refractivity contribution is -0.153. The monoisotopic (exact) mass is 602 g/mol. The van der Waals surface area contributed by atoms with Gasteiger partial charge in [0.1, 0.15) is 10.8 Å². The topological polar surface area (TPSA) is 124 Å². The van der Waals surface area contributed by atoms with Gasteiger partial charge < -0.3 is 25.0 Å². The summed E-state index contributed by atoms with van der Waals surface area (Å²) in [5, 5.41) is 26.6. The Hall–Kier alpha value is -3.64. The summed E-state index contributed by atoms with van der Waals surface area (Å²) in [6.45, 7) is 6.16. The van der Waals surface area contributed by atoms with Crippen LogP contribution in [0.5, 0.6) is 0 Å². The van der Waals surface area contributed by atoms with Gasteiger partial charge in [-0.3, -0.25) is 14.5 Å². The van der Waals surface area contributed by atoms with Gasteiger partial charge in [0, 0.05) is 18.5 Å². The van der Waals surface area contributed by atoms with Crippen molar-refractivity contribution in [3.8, 4) is 0 Å². The number of aryl methyl sites for hydroxylation is 1. The number of hydrogen-bond acceptors (Lipinski definition) is 8. The highest BCUT2D eigenvalue weighted by Crippen LogP contribution is 2.33. The third kappa shape index (κ3) is 6.50. The molecule has 2 aromatic heterocycles. The zero-order valence-electron chi connectivity index (χ0n) is 24.4. The van der Waals surface area contributed by atoms with Gasteiger partial charge in [0.25, 0.3) is 11.8 Å². The molecule has 226 valence electrons. The average molecular weight is 603 g/mol. The van der Waals surface area contributed by atoms with E-state index in [4.69, 9.17) is 0 Å². The number of aliphatic hydroxyl groups excluding tert-OH is 2. The summed E-state index contributed by atoms with van der Waals surface area (Å²) in [5.41, 5.74) is 5.02. The normalized spacial score (nSPS) is 18.8. The number of aliphatic hydroxyl groups is 2. The first kappa shape index (κ1) is 29.4. The number of aromatic nitrogens is 3. The van der Waals surface area contributed by atoms with Crippen molar-refractivity contribution >= 4 is 34.2 Å². The molecule has 2 aromatic carbocycles. The molecule has 4 heterocycles. The van der Waals surface area contributed by atoms with Gasteiger partial charge in [-0.25, -0.2) is 9.97 Å². The number of carbonyl (C=O) groups is 2. The minimum Gasteiger partial charge on any atom is -0.380 e. The van der Waals surface area contributed by atoms with Crippen molar-refractivity contribution in [1.29, 1.82) is 0 Å². The van der Waals surface area contributed by atoms with Crippen LogP contribution in [0.25, 0.3) is 11.0 Å². The second-order valence-electron chi connectivity index (χ2n) is 11.5. The van der Waals surface area contributed by atoms with Crippen molar-refractivity contribution in [2.45, 2.75) is 70.5 Å². The van der Waals surface area contributed by atoms with Crippen molar-refractivity contribution in [3.63, 3.8) is 0 Å². The van der Waals surface area contributed by atoms with Gasteiger partial charge in [-0.15, -0.1) is 11.3 Å². The Kier molecular flexibility index (Phi) is 8.85. The lowest BCUT2D eigenvalue weighted by atomic mass is 10.0. The summed E-state index contributed by atoms with van der Waals surface area (Å²) >= 11 is 1.40. The molecule has 0 bridgehead atoms. The van der Waals surface area contributed by atoms with Gasteiger partial charge in [-0.1, -0.05) is 36.4 Å². The van der Waals surface area contributed by atoms with Gasteiger partial charge >= 0.3 is 0 Å². The lowest BCUT2D eigenvalue weighted by Gasteiger charge is -2.29. The second kappa shape index (κ2) is 12.9. The van der Waals surface area contributed by atoms with Gasteiger partial charge in [0.2, 0.25) is 0 Å². The Morgan fingerprint density at radius 1 is 1.00 bits per heavy atom. The minimum absolute atomic E-state index is 0.0846. The van der Waals surface area contributed by atoms with E-state index in [1.165, 1.54) is 29.7 Å². The standard InChI is InChI=1S/C32H38N6O4S/c1-21-34-25-10-2-3-11-27(25)38(21)19-24-20-43-28(35-24)17-33-31(41)29(39)30(40)32(42)37-15-7-12-26(37)23-9-6-8-22(16-23)18-36-13-4-5-14-36/h2-3,6,8-11,16,20,26,29-30,39-40H,4-5,7,12-15,17-19H2,1H3,(H,33,41). The zero-order valence-corrected chi connectivity index (χ0v) is 25.2. The van der Waals surface area contributed by atoms with Crippen LogP contribution in [0.2, 0.25) is 0 Å². The number of nitrogens with zero attached hydrogens (tertiary/aromatic N) is 5. The van der Waals surface area contributed by atoms with Gasteiger partial charge in [-0.2, -0.15) is 0 Å². The van der Waals surface area contributed by atoms with Gasteiger partial charge in [0.05, 0.1) is 35.9 Å². The largest absolute Gasteiger partial charge is 0.380 e. The van der Waals surface area contributed by atoms with E-state index in [-0.39, 0.29) is 12.6 Å². The highest BCUT2D eigenvalue weighted by molar-refractivity contribution is 7.09. The van der Waals surface area contributed by atoms with Crippen LogP contribution in [-0.4, -0.2) is 78.2 Å². The Morgan fingerprint density at radius 2 is 1.81 bits per heavy atom. The van der Waals surface area contributed by atoms with Crippen molar-refractivity contribution < 1.29 is 19.8 Å². The molecule has 6 rings (SSSR count). The second-order valence-corrected chi connectivity index (χ2v) is 12.4. The molecular formula is C32H38N6O4S. The van der Waals surface area contributed by atoms with Crippen LogP contribution in [0.1, 0.15) is 59.4 Å². The molecule has 2 aliphatic rings. The first-order valence-corrected chi connectivity index (χ1v) is 15.9. The first-order chi connectivity index (χ1) is 20.9. The molecule has 3 N–H and O–H groups in total. The Balaban J connectivity index is 1.04. The fraction of sp³-hybridized carbons (Fsp3) is 0.438. The van der Waals surface area contributed by atoms with Crippen LogP contribution in [-0.2, 0) is 29.2 Å². The van der Waals surface area contributed by atoms with E-state index in [2.05, 4.69) is 36.9 Å². The summed E-state index contributed by atoms with van der Waals surface area (Å²) < 4.78 is 2.09. The van der Waals surface area contributed by atoms with Crippen molar-refractivity contribution in [1.82, 2.24) is 29.7 Å². The highest BCUT2D eigenvalue weighted by Gasteiger charge is 2.38. The average Bonchev–Trinajstić information content (AvgIpc) is 3.84. The van der Waals surface area contributed by atoms with Crippen molar-refractivity contribution in [2.24, 2.45) is 0 Å². The van der Waals surface area contributed by atoms with Crippen LogP contribution in [0.3, 0.4) is 0 Å². The Morgan fingerprint density at radius 3 is 2.65 bits per heavy atom. The number of nitrogens with one attached hydrogen (secondary N) is 1. The SMILES string of the molecule is Cc1nc2ccccc2n1Cc1csc(CNC(=O)C(O)C(O)C(=O)N2CCCC2c2cccc(CN3CCCC3)c2)n1. The van der Waals surface area contributed by atoms with Crippen molar-refractivity contribution in [2.75, 3.05) is 19.6 Å². The maximum Gasteiger partial charge on any atom is 0.255 e. The predicted octanol–water partition coefficient (Wildman–Crippen LogP) is 3.15. The molecule has 2 amide bonds. The van der Waals surface area contributed by atoms with Crippen LogP contribution >= 0.6 is 11.3 Å². The number of para-hydroxylation sites is 2. The highest BCUT2D eigenvalue weighted by atomic mass is 32.1. The minimum atomic E-state index is -1.88. The fourth-order valence-electron chi connectivity index (χ4n) is 6.25. The van der Waals surface area contributed by atoms with E-state index in [9.17, 15) is 19.8 Å². The number of thiazole rings is 1. The number of amides is 2. The third-order valence-electron chi connectivity index (χ3n) is 8.48. The molecule has 2 saturated heterocycles. The number of benzene rings is 2. The van der Waals surface area contributed by atoms with Crippen molar-refractivity contribution in [3.05, 3.63) is 81.6 Å². The molecule has 3 unspecified atom stereocenters. The van der Waals surface area contributed by atoms with E-state index in [1.807, 2.05) is 48.7 Å². The third-order valence-corrected chi connectivity index (χ3v) is 9.37. The molecular weight excluding hydrogens is 564 g/mol. The molecule has 0 radical (unpaired) electrons. The van der Waals surface area contributed by atoms with E-state index < -0.39 is 24.0 Å². The summed E-state index contributed by atoms with van der Waals surface area (Å²) in [7, 11) is 0. The molecule has 2 fully saturated rings. The van der Waals surface area contributed by atoms with E-state index in [1.54, 1.807) is 4.90 Å². The van der Waals surface area contributed by atoms with Crippen LogP contribution in [0, 0.1) is 6.92 Å². The number of likely N-dealkylation sites (tertiary alicyclic amines) is 2. The zero-order chi connectivity index (χ0) is 29.9. The fourth-order valence-corrected chi connectivity index (χ4v) is 6.98. The van der Waals surface area contributed by atoms with Gasteiger partial charge in [0.15, 0.2) is 12.2 Å². The molecule has 0 saturated carbocycles. The molecule has 10 nitrogen and oxygen atoms in total. The van der Waals surface area contributed by atoms with E-state index >= 15 is 0 Å². The first-order valence-electron chi connectivity index (χ1n) is 15.0. The lowest BCUT2D eigenvalue weighted by Crippen LogP contribution is -2.50. The van der Waals surface area contributed by atoms with Crippen LogP contribution in [0.4, 0.5) is 0 Å². The molecule has 3 atom stereocenters. The molecule has 43 heavy (non-hydrogen) atoms. The molecule has 0 aliphatic carbocycles. The maximum atomic E-state index is 13.3. The van der Waals surface area contributed by atoms with Gasteiger partial charge in [-0.05, 0) is 69.0 Å². The summed E-state index contributed by atoms with van der Waals surface area (Å²) in [6, 6.07) is 16.0. The maximum absolute atomic E-state index is 13.3. The number of rotatable bonds is 10. The number of hydrogen-bond donors (Lipinski definition) is 3. The van der Waals surface area contributed by atoms with Crippen LogP contribution < -0.4 is 5.32 Å². The summed E-state index contributed by atoms with van der Waals surface area (Å²) in [4.78, 5) is 39.3. The predicted molar refractivity (Wildman–Crippen MR) is 164 cm³/mol. The number of carbonyl (C=O) groups excluding carboxylic acids is 2. The van der Waals surface area contributed by atoms with E-state index in [0.717, 1.165) is 60.6 Å². The molecule has 0 spiro atoms. The summed E-state index contributed by atoms with van der Waals surface area (Å²) in [5.74, 6) is -0.548. The van der Waals surface area contributed by atoms with E-state index in [0.29, 0.717) is 18.1 Å². The van der Waals surface area contributed by atoms with Crippen LogP contribution in [0.15, 0.2) is 53.9 Å². The summed E-state index contributed by atoms with van der Waals surface area (Å²) in [6.07, 6.45) is 0.296. The number of imidazole rings is 1. The Labute approximate surface area is 255 Å². The quantitative estimate of drug-likeness (QED) is 0.255. The molecule has 11 heteroatoms. The molecule has 4 aromatic rings. The smallest absolute Gasteiger partial charge is 0.255 e. The molecule has 2 aliphatic heterocycles. The Bertz CT molecular complexity index is 1600. The number of fused-ring (bicyclic) bond motifs is 1.